The van der Waals surface area contributed by atoms with Crippen LogP contribution in [0.4, 0.5) is 16.2 Å². The first kappa shape index (κ1) is 17.3. The molecule has 0 radical (unpaired) electrons. The molecule has 0 aromatic heterocycles. The highest BCUT2D eigenvalue weighted by molar-refractivity contribution is 6.33. The third-order valence-corrected chi connectivity index (χ3v) is 4.45. The van der Waals surface area contributed by atoms with Crippen molar-refractivity contribution in [1.29, 1.82) is 0 Å². The van der Waals surface area contributed by atoms with Crippen LogP contribution in [-0.4, -0.2) is 25.3 Å². The van der Waals surface area contributed by atoms with Gasteiger partial charge < -0.3 is 10.2 Å². The Morgan fingerprint density at radius 2 is 1.76 bits per heavy atom. The fourth-order valence-electron chi connectivity index (χ4n) is 2.80. The van der Waals surface area contributed by atoms with Gasteiger partial charge in [0, 0.05) is 18.8 Å². The van der Waals surface area contributed by atoms with Crippen molar-refractivity contribution in [3.63, 3.8) is 0 Å². The summed E-state index contributed by atoms with van der Waals surface area (Å²) in [5.41, 5.74) is 5.15. The molecule has 0 saturated carbocycles. The number of amides is 2. The molecule has 6 heteroatoms. The van der Waals surface area contributed by atoms with Crippen molar-refractivity contribution in [2.45, 2.75) is 19.3 Å². The van der Waals surface area contributed by atoms with Gasteiger partial charge in [-0.3, -0.25) is 0 Å². The summed E-state index contributed by atoms with van der Waals surface area (Å²) in [6.07, 6.45) is 5.46. The van der Waals surface area contributed by atoms with Gasteiger partial charge in [0.15, 0.2) is 0 Å². The second-order valence-electron chi connectivity index (χ2n) is 5.94. The molecule has 1 heterocycles. The molecule has 25 heavy (non-hydrogen) atoms. The molecule has 1 aliphatic heterocycles. The molecule has 2 aromatic carbocycles. The Labute approximate surface area is 152 Å². The van der Waals surface area contributed by atoms with E-state index in [2.05, 4.69) is 32.9 Å². The maximum atomic E-state index is 11.8. The van der Waals surface area contributed by atoms with Crippen molar-refractivity contribution in [2.24, 2.45) is 5.10 Å². The van der Waals surface area contributed by atoms with Crippen molar-refractivity contribution in [1.82, 2.24) is 5.43 Å². The fourth-order valence-corrected chi connectivity index (χ4v) is 2.98. The molecular weight excluding hydrogens is 336 g/mol. The number of nitrogens with one attached hydrogen (secondary N) is 2. The molecule has 1 aliphatic rings. The number of urea groups is 1. The van der Waals surface area contributed by atoms with Gasteiger partial charge >= 0.3 is 6.03 Å². The lowest BCUT2D eigenvalue weighted by Crippen LogP contribution is -2.29. The Morgan fingerprint density at radius 1 is 1.04 bits per heavy atom. The van der Waals surface area contributed by atoms with Crippen molar-refractivity contribution in [3.8, 4) is 0 Å². The molecule has 2 amide bonds. The van der Waals surface area contributed by atoms with Gasteiger partial charge in [0.25, 0.3) is 0 Å². The number of halogens is 1. The highest BCUT2D eigenvalue weighted by Crippen LogP contribution is 2.20. The molecule has 3 rings (SSSR count). The molecule has 0 spiro atoms. The number of piperidine rings is 1. The normalized spacial score (nSPS) is 14.5. The van der Waals surface area contributed by atoms with Crippen LogP contribution in [-0.2, 0) is 0 Å². The minimum Gasteiger partial charge on any atom is -0.372 e. The van der Waals surface area contributed by atoms with Crippen LogP contribution in [0.15, 0.2) is 53.6 Å². The van der Waals surface area contributed by atoms with Gasteiger partial charge in [-0.15, -0.1) is 0 Å². The summed E-state index contributed by atoms with van der Waals surface area (Å²) in [6, 6.07) is 14.8. The van der Waals surface area contributed by atoms with Gasteiger partial charge in [-0.2, -0.15) is 5.10 Å². The zero-order valence-electron chi connectivity index (χ0n) is 13.9. The summed E-state index contributed by atoms with van der Waals surface area (Å²) < 4.78 is 0. The maximum Gasteiger partial charge on any atom is 0.339 e. The number of anilines is 2. The van der Waals surface area contributed by atoms with Crippen LogP contribution in [0, 0.1) is 0 Å². The fraction of sp³-hybridized carbons (Fsp3) is 0.263. The average molecular weight is 357 g/mol. The second-order valence-corrected chi connectivity index (χ2v) is 6.35. The first-order chi connectivity index (χ1) is 12.2. The van der Waals surface area contributed by atoms with Crippen molar-refractivity contribution in [3.05, 3.63) is 59.1 Å². The first-order valence-corrected chi connectivity index (χ1v) is 8.80. The molecule has 0 atom stereocenters. The summed E-state index contributed by atoms with van der Waals surface area (Å²) in [4.78, 5) is 14.2. The van der Waals surface area contributed by atoms with E-state index in [-0.39, 0.29) is 0 Å². The van der Waals surface area contributed by atoms with E-state index in [1.54, 1.807) is 30.5 Å². The molecule has 0 aliphatic carbocycles. The quantitative estimate of drug-likeness (QED) is 0.626. The van der Waals surface area contributed by atoms with Gasteiger partial charge in [-0.05, 0) is 49.1 Å². The molecule has 2 N–H and O–H groups in total. The first-order valence-electron chi connectivity index (χ1n) is 8.42. The Kier molecular flexibility index (Phi) is 5.90. The summed E-state index contributed by atoms with van der Waals surface area (Å²) >= 11 is 5.99. The van der Waals surface area contributed by atoms with Crippen LogP contribution in [0.25, 0.3) is 0 Å². The Balaban J connectivity index is 1.51. The predicted octanol–water partition coefficient (Wildman–Crippen LogP) is 4.49. The number of hydrazone groups is 1. The number of nitrogens with zero attached hydrogens (tertiary/aromatic N) is 2. The Hall–Kier alpha value is -2.53. The van der Waals surface area contributed by atoms with Gasteiger partial charge in [0.1, 0.15) is 0 Å². The van der Waals surface area contributed by atoms with Crippen LogP contribution >= 0.6 is 11.6 Å². The van der Waals surface area contributed by atoms with Gasteiger partial charge in [-0.25, -0.2) is 10.2 Å². The number of carbonyl (C=O) groups is 1. The van der Waals surface area contributed by atoms with E-state index in [0.29, 0.717) is 10.7 Å². The summed E-state index contributed by atoms with van der Waals surface area (Å²) in [5, 5.41) is 7.09. The number of hydrogen-bond donors (Lipinski definition) is 2. The summed E-state index contributed by atoms with van der Waals surface area (Å²) in [6.45, 7) is 2.24. The van der Waals surface area contributed by atoms with Gasteiger partial charge in [-0.1, -0.05) is 35.9 Å². The minimum atomic E-state index is -0.436. The molecule has 5 nitrogen and oxygen atoms in total. The van der Waals surface area contributed by atoms with E-state index in [4.69, 9.17) is 11.6 Å². The van der Waals surface area contributed by atoms with E-state index in [9.17, 15) is 4.79 Å². The van der Waals surface area contributed by atoms with E-state index >= 15 is 0 Å². The molecule has 1 fully saturated rings. The number of para-hydroxylation sites is 1. The summed E-state index contributed by atoms with van der Waals surface area (Å²) in [7, 11) is 0. The third kappa shape index (κ3) is 4.97. The SMILES string of the molecule is O=C(N/N=C/c1ccc(N2CCCCC2)cc1)Nc1ccccc1Cl. The summed E-state index contributed by atoms with van der Waals surface area (Å²) in [5.74, 6) is 0. The Bertz CT molecular complexity index is 739. The van der Waals surface area contributed by atoms with E-state index < -0.39 is 6.03 Å². The second kappa shape index (κ2) is 8.53. The maximum absolute atomic E-state index is 11.8. The minimum absolute atomic E-state index is 0.436. The number of carbonyl (C=O) groups excluding carboxylic acids is 1. The van der Waals surface area contributed by atoms with E-state index in [1.165, 1.54) is 24.9 Å². The molecule has 1 saturated heterocycles. The molecule has 0 unspecified atom stereocenters. The van der Waals surface area contributed by atoms with Crippen LogP contribution in [0.1, 0.15) is 24.8 Å². The van der Waals surface area contributed by atoms with Crippen LogP contribution in [0.5, 0.6) is 0 Å². The van der Waals surface area contributed by atoms with E-state index in [1.807, 2.05) is 12.1 Å². The number of hydrogen-bond acceptors (Lipinski definition) is 3. The van der Waals surface area contributed by atoms with Gasteiger partial charge in [0.2, 0.25) is 0 Å². The van der Waals surface area contributed by atoms with Crippen molar-refractivity contribution < 1.29 is 4.79 Å². The Morgan fingerprint density at radius 3 is 2.48 bits per heavy atom. The number of benzene rings is 2. The lowest BCUT2D eigenvalue weighted by molar-refractivity contribution is 0.252. The third-order valence-electron chi connectivity index (χ3n) is 4.12. The standard InChI is InChI=1S/C19H21ClN4O/c20-17-6-2-3-7-18(17)22-19(25)23-21-14-15-8-10-16(11-9-15)24-12-4-1-5-13-24/h2-3,6-11,14H,1,4-5,12-13H2,(H2,22,23,25)/b21-14+. The zero-order valence-corrected chi connectivity index (χ0v) is 14.7. The monoisotopic (exact) mass is 356 g/mol. The predicted molar refractivity (Wildman–Crippen MR) is 104 cm³/mol. The molecule has 2 aromatic rings. The van der Waals surface area contributed by atoms with Crippen molar-refractivity contribution in [2.75, 3.05) is 23.3 Å². The lowest BCUT2D eigenvalue weighted by atomic mass is 10.1. The molecule has 130 valence electrons. The smallest absolute Gasteiger partial charge is 0.339 e. The molecular formula is C19H21ClN4O. The number of rotatable bonds is 4. The zero-order chi connectivity index (χ0) is 17.5. The molecule has 0 bridgehead atoms. The highest BCUT2D eigenvalue weighted by atomic mass is 35.5. The topological polar surface area (TPSA) is 56.7 Å². The van der Waals surface area contributed by atoms with Crippen molar-refractivity contribution >= 4 is 35.2 Å². The van der Waals surface area contributed by atoms with Gasteiger partial charge in [0.05, 0.1) is 16.9 Å². The highest BCUT2D eigenvalue weighted by Gasteiger charge is 2.10. The largest absolute Gasteiger partial charge is 0.372 e. The van der Waals surface area contributed by atoms with Crippen LogP contribution < -0.4 is 15.6 Å². The average Bonchev–Trinajstić information content (AvgIpc) is 2.65. The van der Waals surface area contributed by atoms with Crippen LogP contribution in [0.3, 0.4) is 0 Å². The van der Waals surface area contributed by atoms with Crippen LogP contribution in [0.2, 0.25) is 5.02 Å². The lowest BCUT2D eigenvalue weighted by Gasteiger charge is -2.28. The van der Waals surface area contributed by atoms with E-state index in [0.717, 1.165) is 18.7 Å².